The first kappa shape index (κ1) is 8.02. The van der Waals surface area contributed by atoms with E-state index in [0.29, 0.717) is 12.1 Å². The van der Waals surface area contributed by atoms with Crippen LogP contribution in [0.3, 0.4) is 0 Å². The van der Waals surface area contributed by atoms with Crippen LogP contribution in [0.5, 0.6) is 0 Å². The molecule has 0 aromatic carbocycles. The van der Waals surface area contributed by atoms with Crippen molar-refractivity contribution in [1.29, 1.82) is 0 Å². The molecule has 1 aliphatic heterocycles. The second-order valence-corrected chi connectivity index (χ2v) is 3.49. The third kappa shape index (κ3) is 1.50. The number of rotatable bonds is 0. The van der Waals surface area contributed by atoms with E-state index >= 15 is 0 Å². The van der Waals surface area contributed by atoms with Crippen LogP contribution >= 0.6 is 0 Å². The van der Waals surface area contributed by atoms with Gasteiger partial charge in [-0.1, -0.05) is 0 Å². The summed E-state index contributed by atoms with van der Waals surface area (Å²) in [6, 6.07) is 1.08. The summed E-state index contributed by atoms with van der Waals surface area (Å²) in [5.41, 5.74) is 0. The molecule has 0 radical (unpaired) electrons. The Morgan fingerprint density at radius 2 is 1.60 bits per heavy atom. The van der Waals surface area contributed by atoms with Gasteiger partial charge in [0.2, 0.25) is 0 Å². The van der Waals surface area contributed by atoms with Crippen LogP contribution in [0.15, 0.2) is 0 Å². The molecule has 1 unspecified atom stereocenters. The van der Waals surface area contributed by atoms with Gasteiger partial charge in [0, 0.05) is 12.1 Å². The van der Waals surface area contributed by atoms with Crippen molar-refractivity contribution in [1.82, 2.24) is 4.90 Å². The predicted molar refractivity (Wildman–Crippen MR) is 41.9 cm³/mol. The van der Waals surface area contributed by atoms with Gasteiger partial charge < -0.3 is 10.0 Å². The van der Waals surface area contributed by atoms with Crippen LogP contribution in [0.2, 0.25) is 0 Å². The van der Waals surface area contributed by atoms with E-state index < -0.39 is 0 Å². The summed E-state index contributed by atoms with van der Waals surface area (Å²) in [7, 11) is 2.13. The van der Waals surface area contributed by atoms with E-state index in [2.05, 4.69) is 25.8 Å². The molecule has 1 saturated heterocycles. The third-order valence-electron chi connectivity index (χ3n) is 2.62. The molecule has 2 nitrogen and oxygen atoms in total. The number of nitrogens with zero attached hydrogens (tertiary/aromatic N) is 1. The molecule has 0 bridgehead atoms. The second kappa shape index (κ2) is 2.89. The molecule has 0 spiro atoms. The number of likely N-dealkylation sites (tertiary alicyclic amines) is 1. The summed E-state index contributed by atoms with van der Waals surface area (Å²) in [6.45, 7) is 4.33. The number of hydrogen-bond donors (Lipinski definition) is 1. The summed E-state index contributed by atoms with van der Waals surface area (Å²) in [4.78, 5) is 2.33. The monoisotopic (exact) mass is 143 g/mol. The second-order valence-electron chi connectivity index (χ2n) is 3.49. The SMILES string of the molecule is C[C@@H]1CC(O)C[C@H](C)N1C. The van der Waals surface area contributed by atoms with Gasteiger partial charge in [0.1, 0.15) is 0 Å². The molecule has 0 amide bonds. The fraction of sp³-hybridized carbons (Fsp3) is 1.00. The van der Waals surface area contributed by atoms with Gasteiger partial charge in [-0.3, -0.25) is 0 Å². The first-order valence-corrected chi connectivity index (χ1v) is 4.01. The lowest BCUT2D eigenvalue weighted by atomic mass is 9.96. The zero-order chi connectivity index (χ0) is 7.72. The summed E-state index contributed by atoms with van der Waals surface area (Å²) in [5, 5.41) is 9.34. The van der Waals surface area contributed by atoms with Crippen molar-refractivity contribution in [2.45, 2.75) is 44.9 Å². The zero-order valence-corrected chi connectivity index (χ0v) is 7.04. The number of piperidine rings is 1. The molecule has 1 rings (SSSR count). The molecule has 0 saturated carbocycles. The highest BCUT2D eigenvalue weighted by atomic mass is 16.3. The van der Waals surface area contributed by atoms with Crippen molar-refractivity contribution in [2.24, 2.45) is 0 Å². The van der Waals surface area contributed by atoms with Crippen LogP contribution in [0, 0.1) is 0 Å². The average Bonchev–Trinajstić information content (AvgIpc) is 1.82. The van der Waals surface area contributed by atoms with Crippen molar-refractivity contribution in [3.8, 4) is 0 Å². The van der Waals surface area contributed by atoms with E-state index in [4.69, 9.17) is 0 Å². The fourth-order valence-electron chi connectivity index (χ4n) is 1.65. The average molecular weight is 143 g/mol. The summed E-state index contributed by atoms with van der Waals surface area (Å²) < 4.78 is 0. The highest BCUT2D eigenvalue weighted by Crippen LogP contribution is 2.20. The minimum atomic E-state index is -0.0683. The van der Waals surface area contributed by atoms with E-state index in [0.717, 1.165) is 12.8 Å². The first-order valence-electron chi connectivity index (χ1n) is 4.01. The molecule has 1 N–H and O–H groups in total. The first-order chi connectivity index (χ1) is 4.61. The third-order valence-corrected chi connectivity index (χ3v) is 2.62. The van der Waals surface area contributed by atoms with E-state index in [1.807, 2.05) is 0 Å². The molecule has 60 valence electrons. The van der Waals surface area contributed by atoms with Crippen LogP contribution in [-0.4, -0.2) is 35.2 Å². The molecular formula is C8H17NO. The maximum Gasteiger partial charge on any atom is 0.0569 e. The van der Waals surface area contributed by atoms with Gasteiger partial charge in [0.15, 0.2) is 0 Å². The van der Waals surface area contributed by atoms with E-state index in [-0.39, 0.29) is 6.10 Å². The minimum Gasteiger partial charge on any atom is -0.393 e. The number of aliphatic hydroxyl groups is 1. The minimum absolute atomic E-state index is 0.0683. The smallest absolute Gasteiger partial charge is 0.0569 e. The Morgan fingerprint density at radius 3 is 2.00 bits per heavy atom. The molecule has 1 heterocycles. The van der Waals surface area contributed by atoms with Crippen LogP contribution in [0.1, 0.15) is 26.7 Å². The van der Waals surface area contributed by atoms with Crippen LogP contribution in [-0.2, 0) is 0 Å². The maximum atomic E-state index is 9.34. The Hall–Kier alpha value is -0.0800. The van der Waals surface area contributed by atoms with Gasteiger partial charge >= 0.3 is 0 Å². The van der Waals surface area contributed by atoms with Gasteiger partial charge in [-0.25, -0.2) is 0 Å². The van der Waals surface area contributed by atoms with Gasteiger partial charge in [0.25, 0.3) is 0 Å². The molecule has 0 aliphatic carbocycles. The summed E-state index contributed by atoms with van der Waals surface area (Å²) in [5.74, 6) is 0. The maximum absolute atomic E-state index is 9.34. The normalized spacial score (nSPS) is 43.8. The summed E-state index contributed by atoms with van der Waals surface area (Å²) >= 11 is 0. The molecule has 0 aromatic rings. The lowest BCUT2D eigenvalue weighted by Crippen LogP contribution is -2.45. The Kier molecular flexibility index (Phi) is 2.32. The molecule has 1 fully saturated rings. The van der Waals surface area contributed by atoms with E-state index in [9.17, 15) is 5.11 Å². The fourth-order valence-corrected chi connectivity index (χ4v) is 1.65. The van der Waals surface area contributed by atoms with Crippen molar-refractivity contribution >= 4 is 0 Å². The zero-order valence-electron chi connectivity index (χ0n) is 7.04. The molecule has 10 heavy (non-hydrogen) atoms. The number of aliphatic hydroxyl groups excluding tert-OH is 1. The Balaban J connectivity index is 2.49. The highest BCUT2D eigenvalue weighted by molar-refractivity contribution is 4.81. The van der Waals surface area contributed by atoms with E-state index in [1.54, 1.807) is 0 Å². The quantitative estimate of drug-likeness (QED) is 0.543. The van der Waals surface area contributed by atoms with Crippen LogP contribution in [0.4, 0.5) is 0 Å². The van der Waals surface area contributed by atoms with Gasteiger partial charge in [0.05, 0.1) is 6.10 Å². The van der Waals surface area contributed by atoms with Crippen LogP contribution in [0.25, 0.3) is 0 Å². The predicted octanol–water partition coefficient (Wildman–Crippen LogP) is 0.850. The molecule has 1 aliphatic rings. The highest BCUT2D eigenvalue weighted by Gasteiger charge is 2.26. The van der Waals surface area contributed by atoms with Gasteiger partial charge in [-0.15, -0.1) is 0 Å². The molecular weight excluding hydrogens is 126 g/mol. The van der Waals surface area contributed by atoms with Gasteiger partial charge in [-0.05, 0) is 33.7 Å². The lowest BCUT2D eigenvalue weighted by Gasteiger charge is -2.38. The molecule has 3 atom stereocenters. The van der Waals surface area contributed by atoms with Crippen molar-refractivity contribution in [3.05, 3.63) is 0 Å². The summed E-state index contributed by atoms with van der Waals surface area (Å²) in [6.07, 6.45) is 1.79. The van der Waals surface area contributed by atoms with Crippen molar-refractivity contribution in [3.63, 3.8) is 0 Å². The van der Waals surface area contributed by atoms with Crippen molar-refractivity contribution < 1.29 is 5.11 Å². The van der Waals surface area contributed by atoms with E-state index in [1.165, 1.54) is 0 Å². The standard InChI is InChI=1S/C8H17NO/c1-6-4-8(10)5-7(2)9(6)3/h6-8,10H,4-5H2,1-3H3/t6-,7+,8?. The lowest BCUT2D eigenvalue weighted by molar-refractivity contribution is 0.0290. The molecule has 0 aromatic heterocycles. The Morgan fingerprint density at radius 1 is 1.20 bits per heavy atom. The van der Waals surface area contributed by atoms with Crippen LogP contribution < -0.4 is 0 Å². The topological polar surface area (TPSA) is 23.5 Å². The van der Waals surface area contributed by atoms with Gasteiger partial charge in [-0.2, -0.15) is 0 Å². The van der Waals surface area contributed by atoms with Crippen molar-refractivity contribution in [2.75, 3.05) is 7.05 Å². The molecule has 2 heteroatoms. The number of hydrogen-bond acceptors (Lipinski definition) is 2. The Labute approximate surface area is 62.8 Å². The largest absolute Gasteiger partial charge is 0.393 e. The Bertz CT molecular complexity index is 104.